The number of Topliss-reactive ketones (excluding diaryl/α,β-unsaturated/α-hetero) is 2. The third kappa shape index (κ3) is 3.74. The number of ketones is 2. The van der Waals surface area contributed by atoms with Gasteiger partial charge in [0.15, 0.2) is 11.6 Å². The van der Waals surface area contributed by atoms with Crippen LogP contribution in [0.25, 0.3) is 11.6 Å². The second kappa shape index (κ2) is 8.44. The number of hydrogen-bond acceptors (Lipinski definition) is 4. The van der Waals surface area contributed by atoms with Crippen molar-refractivity contribution in [3.63, 3.8) is 0 Å². The zero-order valence-corrected chi connectivity index (χ0v) is 17.1. The summed E-state index contributed by atoms with van der Waals surface area (Å²) in [6.45, 7) is 0. The molecule has 154 valence electrons. The summed E-state index contributed by atoms with van der Waals surface area (Å²) in [7, 11) is 0. The van der Waals surface area contributed by atoms with E-state index in [0.29, 0.717) is 28.1 Å². The molecule has 4 heteroatoms. The first-order chi connectivity index (χ1) is 15.7. The number of para-hydroxylation sites is 1. The number of rotatable bonds is 5. The summed E-state index contributed by atoms with van der Waals surface area (Å²) in [5.41, 5.74) is 2.99. The van der Waals surface area contributed by atoms with E-state index in [2.05, 4.69) is 4.98 Å². The predicted molar refractivity (Wildman–Crippen MR) is 124 cm³/mol. The number of carbonyl (C=O) groups is 2. The maximum Gasteiger partial charge on any atom is 0.178 e. The standard InChI is InChI=1S/C28H19NO3/c30-27-22-10-4-5-11-23(22)28(31)26(27)24(25-12-6-7-17-29-25)18-19-13-15-21(16-14-19)32-20-8-2-1-3-9-20/h1-18,26H. The van der Waals surface area contributed by atoms with Crippen LogP contribution < -0.4 is 4.74 Å². The third-order valence-corrected chi connectivity index (χ3v) is 5.44. The van der Waals surface area contributed by atoms with Gasteiger partial charge >= 0.3 is 0 Å². The Balaban J connectivity index is 1.51. The molecule has 0 N–H and O–H groups in total. The molecule has 32 heavy (non-hydrogen) atoms. The van der Waals surface area contributed by atoms with Crippen molar-refractivity contribution in [2.24, 2.45) is 5.92 Å². The average Bonchev–Trinajstić information content (AvgIpc) is 3.10. The van der Waals surface area contributed by atoms with Crippen LogP contribution in [0.2, 0.25) is 0 Å². The van der Waals surface area contributed by atoms with Crippen LogP contribution in [0.1, 0.15) is 32.0 Å². The highest BCUT2D eigenvalue weighted by Crippen LogP contribution is 2.37. The lowest BCUT2D eigenvalue weighted by Gasteiger charge is -2.13. The maximum atomic E-state index is 13.2. The zero-order chi connectivity index (χ0) is 21.9. The van der Waals surface area contributed by atoms with Crippen LogP contribution in [0.3, 0.4) is 0 Å². The molecule has 5 rings (SSSR count). The summed E-state index contributed by atoms with van der Waals surface area (Å²) in [5, 5.41) is 0. The van der Waals surface area contributed by atoms with Crippen molar-refractivity contribution in [1.82, 2.24) is 4.98 Å². The molecule has 0 fully saturated rings. The van der Waals surface area contributed by atoms with Gasteiger partial charge in [0.05, 0.1) is 5.69 Å². The normalized spacial score (nSPS) is 13.8. The first-order valence-electron chi connectivity index (χ1n) is 10.3. The second-order valence-corrected chi connectivity index (χ2v) is 7.51. The monoisotopic (exact) mass is 417 g/mol. The summed E-state index contributed by atoms with van der Waals surface area (Å²) in [4.78, 5) is 30.7. The van der Waals surface area contributed by atoms with Gasteiger partial charge in [0.25, 0.3) is 0 Å². The second-order valence-electron chi connectivity index (χ2n) is 7.51. The fourth-order valence-electron chi connectivity index (χ4n) is 3.90. The Morgan fingerprint density at radius 3 is 1.91 bits per heavy atom. The molecule has 4 nitrogen and oxygen atoms in total. The fraction of sp³-hybridized carbons (Fsp3) is 0.0357. The van der Waals surface area contributed by atoms with E-state index in [-0.39, 0.29) is 11.6 Å². The molecule has 0 radical (unpaired) electrons. The molecule has 0 saturated carbocycles. The van der Waals surface area contributed by atoms with Crippen molar-refractivity contribution >= 4 is 23.2 Å². The molecule has 0 saturated heterocycles. The number of nitrogens with zero attached hydrogens (tertiary/aromatic N) is 1. The summed E-state index contributed by atoms with van der Waals surface area (Å²) in [6, 6.07) is 29.5. The molecule has 3 aromatic carbocycles. The Morgan fingerprint density at radius 1 is 0.688 bits per heavy atom. The summed E-state index contributed by atoms with van der Waals surface area (Å²) in [6.07, 6.45) is 3.53. The molecule has 0 bridgehead atoms. The third-order valence-electron chi connectivity index (χ3n) is 5.44. The fourth-order valence-corrected chi connectivity index (χ4v) is 3.90. The van der Waals surface area contributed by atoms with Crippen LogP contribution in [0.5, 0.6) is 11.5 Å². The zero-order valence-electron chi connectivity index (χ0n) is 17.1. The van der Waals surface area contributed by atoms with E-state index >= 15 is 0 Å². The molecule has 1 aromatic heterocycles. The van der Waals surface area contributed by atoms with Crippen molar-refractivity contribution in [2.75, 3.05) is 0 Å². The van der Waals surface area contributed by atoms with Crippen LogP contribution in [0.4, 0.5) is 0 Å². The van der Waals surface area contributed by atoms with Gasteiger partial charge in [0.1, 0.15) is 17.4 Å². The number of benzene rings is 3. The quantitative estimate of drug-likeness (QED) is 0.368. The lowest BCUT2D eigenvalue weighted by molar-refractivity contribution is 0.0878. The van der Waals surface area contributed by atoms with Crippen LogP contribution in [-0.4, -0.2) is 16.6 Å². The molecule has 0 atom stereocenters. The van der Waals surface area contributed by atoms with Crippen molar-refractivity contribution in [1.29, 1.82) is 0 Å². The Morgan fingerprint density at radius 2 is 1.28 bits per heavy atom. The van der Waals surface area contributed by atoms with Gasteiger partial charge in [-0.05, 0) is 53.6 Å². The van der Waals surface area contributed by atoms with Crippen LogP contribution in [-0.2, 0) is 0 Å². The highest BCUT2D eigenvalue weighted by atomic mass is 16.5. The SMILES string of the molecule is O=C1c2ccccc2C(=O)C1C(=Cc1ccc(Oc2ccccc2)cc1)c1ccccn1. The molecule has 4 aromatic rings. The van der Waals surface area contributed by atoms with Gasteiger partial charge in [0.2, 0.25) is 0 Å². The number of aromatic nitrogens is 1. The summed E-state index contributed by atoms with van der Waals surface area (Å²) < 4.78 is 5.86. The van der Waals surface area contributed by atoms with E-state index in [1.807, 2.05) is 78.9 Å². The van der Waals surface area contributed by atoms with Crippen LogP contribution >= 0.6 is 0 Å². The largest absolute Gasteiger partial charge is 0.457 e. The van der Waals surface area contributed by atoms with Gasteiger partial charge in [0, 0.05) is 17.3 Å². The lowest BCUT2D eigenvalue weighted by atomic mass is 9.89. The minimum Gasteiger partial charge on any atom is -0.457 e. The Hall–Kier alpha value is -4.31. The Labute approximate surface area is 185 Å². The Kier molecular flexibility index (Phi) is 5.18. The van der Waals surface area contributed by atoms with E-state index in [9.17, 15) is 9.59 Å². The number of pyridine rings is 1. The highest BCUT2D eigenvalue weighted by Gasteiger charge is 2.41. The van der Waals surface area contributed by atoms with Gasteiger partial charge in [-0.2, -0.15) is 0 Å². The van der Waals surface area contributed by atoms with Crippen LogP contribution in [0.15, 0.2) is 103 Å². The van der Waals surface area contributed by atoms with E-state index in [1.54, 1.807) is 30.5 Å². The minimum absolute atomic E-state index is 0.188. The average molecular weight is 417 g/mol. The minimum atomic E-state index is -0.900. The first kappa shape index (κ1) is 19.6. The molecule has 1 aliphatic carbocycles. The van der Waals surface area contributed by atoms with Gasteiger partial charge < -0.3 is 4.74 Å². The first-order valence-corrected chi connectivity index (χ1v) is 10.3. The lowest BCUT2D eigenvalue weighted by Crippen LogP contribution is -2.17. The number of hydrogen-bond donors (Lipinski definition) is 0. The molecular weight excluding hydrogens is 398 g/mol. The van der Waals surface area contributed by atoms with Crippen molar-refractivity contribution in [2.45, 2.75) is 0 Å². The maximum absolute atomic E-state index is 13.2. The van der Waals surface area contributed by atoms with E-state index in [0.717, 1.165) is 11.3 Å². The predicted octanol–water partition coefficient (Wildman–Crippen LogP) is 6.11. The smallest absolute Gasteiger partial charge is 0.178 e. The molecule has 1 heterocycles. The number of ether oxygens (including phenoxy) is 1. The molecule has 0 unspecified atom stereocenters. The molecule has 0 amide bonds. The Bertz CT molecular complexity index is 1270. The van der Waals surface area contributed by atoms with Gasteiger partial charge in [-0.25, -0.2) is 0 Å². The summed E-state index contributed by atoms with van der Waals surface area (Å²) in [5.74, 6) is 0.179. The van der Waals surface area contributed by atoms with Gasteiger partial charge in [-0.15, -0.1) is 0 Å². The highest BCUT2D eigenvalue weighted by molar-refractivity contribution is 6.32. The van der Waals surface area contributed by atoms with Crippen LogP contribution in [0, 0.1) is 5.92 Å². The topological polar surface area (TPSA) is 56.3 Å². The van der Waals surface area contributed by atoms with E-state index < -0.39 is 5.92 Å². The molecule has 0 spiro atoms. The van der Waals surface area contributed by atoms with Crippen molar-refractivity contribution in [3.8, 4) is 11.5 Å². The van der Waals surface area contributed by atoms with Gasteiger partial charge in [-0.3, -0.25) is 14.6 Å². The number of carbonyl (C=O) groups excluding carboxylic acids is 2. The summed E-state index contributed by atoms with van der Waals surface area (Å²) >= 11 is 0. The number of fused-ring (bicyclic) bond motifs is 1. The van der Waals surface area contributed by atoms with Gasteiger partial charge in [-0.1, -0.05) is 60.7 Å². The van der Waals surface area contributed by atoms with E-state index in [4.69, 9.17) is 4.74 Å². The molecule has 0 aliphatic heterocycles. The molecular formula is C28H19NO3. The van der Waals surface area contributed by atoms with Crippen molar-refractivity contribution < 1.29 is 14.3 Å². The molecule has 1 aliphatic rings. The van der Waals surface area contributed by atoms with E-state index in [1.165, 1.54) is 0 Å². The van der Waals surface area contributed by atoms with Crippen molar-refractivity contribution in [3.05, 3.63) is 126 Å². The number of allylic oxidation sites excluding steroid dienone is 1.